The number of fused-ring (bicyclic) bond motifs is 1. The summed E-state index contributed by atoms with van der Waals surface area (Å²) in [6.45, 7) is 1.20. The van der Waals surface area contributed by atoms with Crippen LogP contribution in [0.1, 0.15) is 48.4 Å². The largest absolute Gasteiger partial charge is 0.314 e. The Kier molecular flexibility index (Phi) is 3.67. The highest BCUT2D eigenvalue weighted by molar-refractivity contribution is 5.36. The van der Waals surface area contributed by atoms with Gasteiger partial charge >= 0.3 is 0 Å². The van der Waals surface area contributed by atoms with Gasteiger partial charge in [0.25, 0.3) is 0 Å². The van der Waals surface area contributed by atoms with Gasteiger partial charge in [0.15, 0.2) is 0 Å². The van der Waals surface area contributed by atoms with Crippen LogP contribution in [0.2, 0.25) is 0 Å². The van der Waals surface area contributed by atoms with Crippen molar-refractivity contribution in [2.24, 2.45) is 0 Å². The van der Waals surface area contributed by atoms with Crippen molar-refractivity contribution in [2.45, 2.75) is 50.6 Å². The van der Waals surface area contributed by atoms with Crippen LogP contribution >= 0.6 is 0 Å². The van der Waals surface area contributed by atoms with E-state index < -0.39 is 0 Å². The van der Waals surface area contributed by atoms with Crippen molar-refractivity contribution in [3.63, 3.8) is 0 Å². The van der Waals surface area contributed by atoms with E-state index in [4.69, 9.17) is 0 Å². The first-order valence-electron chi connectivity index (χ1n) is 7.39. The van der Waals surface area contributed by atoms with Crippen molar-refractivity contribution >= 4 is 0 Å². The molecule has 2 nitrogen and oxygen atoms in total. The van der Waals surface area contributed by atoms with Gasteiger partial charge in [-0.1, -0.05) is 18.2 Å². The lowest BCUT2D eigenvalue weighted by atomic mass is 9.96. The molecule has 1 aliphatic carbocycles. The summed E-state index contributed by atoms with van der Waals surface area (Å²) >= 11 is 0. The zero-order chi connectivity index (χ0) is 12.4. The molecule has 2 aliphatic rings. The number of rotatable bonds is 4. The fraction of sp³-hybridized carbons (Fsp3) is 0.625. The SMILES string of the molecule is CNC(CC1CCCN1)c1ccc2c(c1)CCC2. The number of benzene rings is 1. The molecule has 2 N–H and O–H groups in total. The second-order valence-electron chi connectivity index (χ2n) is 5.75. The van der Waals surface area contributed by atoms with E-state index in [9.17, 15) is 0 Å². The van der Waals surface area contributed by atoms with Crippen molar-refractivity contribution in [3.05, 3.63) is 34.9 Å². The summed E-state index contributed by atoms with van der Waals surface area (Å²) < 4.78 is 0. The lowest BCUT2D eigenvalue weighted by Crippen LogP contribution is -2.28. The van der Waals surface area contributed by atoms with E-state index in [-0.39, 0.29) is 0 Å². The minimum Gasteiger partial charge on any atom is -0.314 e. The van der Waals surface area contributed by atoms with Gasteiger partial charge in [-0.25, -0.2) is 0 Å². The molecule has 18 heavy (non-hydrogen) atoms. The van der Waals surface area contributed by atoms with E-state index in [1.807, 2.05) is 0 Å². The summed E-state index contributed by atoms with van der Waals surface area (Å²) in [4.78, 5) is 0. The molecule has 2 heteroatoms. The molecule has 0 spiro atoms. The molecule has 1 aliphatic heterocycles. The van der Waals surface area contributed by atoms with Gasteiger partial charge in [-0.15, -0.1) is 0 Å². The Balaban J connectivity index is 1.74. The highest BCUT2D eigenvalue weighted by Crippen LogP contribution is 2.28. The van der Waals surface area contributed by atoms with E-state index in [0.29, 0.717) is 12.1 Å². The Morgan fingerprint density at radius 1 is 1.28 bits per heavy atom. The normalized spacial score (nSPS) is 24.2. The van der Waals surface area contributed by atoms with Crippen LogP contribution in [0.15, 0.2) is 18.2 Å². The van der Waals surface area contributed by atoms with Gasteiger partial charge in [-0.2, -0.15) is 0 Å². The number of nitrogens with one attached hydrogen (secondary N) is 2. The molecule has 3 rings (SSSR count). The maximum Gasteiger partial charge on any atom is 0.0332 e. The molecule has 1 heterocycles. The molecule has 1 aromatic rings. The molecule has 2 atom stereocenters. The third-order valence-corrected chi connectivity index (χ3v) is 4.56. The van der Waals surface area contributed by atoms with Gasteiger partial charge < -0.3 is 10.6 Å². The minimum absolute atomic E-state index is 0.506. The van der Waals surface area contributed by atoms with Crippen molar-refractivity contribution in [3.8, 4) is 0 Å². The zero-order valence-electron chi connectivity index (χ0n) is 11.3. The van der Waals surface area contributed by atoms with E-state index in [2.05, 4.69) is 35.9 Å². The zero-order valence-corrected chi connectivity index (χ0v) is 11.3. The summed E-state index contributed by atoms with van der Waals surface area (Å²) in [6, 6.07) is 8.34. The molecule has 0 saturated carbocycles. The summed E-state index contributed by atoms with van der Waals surface area (Å²) in [5, 5.41) is 7.10. The first kappa shape index (κ1) is 12.2. The molecule has 0 aromatic heterocycles. The van der Waals surface area contributed by atoms with Crippen LogP contribution in [0.3, 0.4) is 0 Å². The Morgan fingerprint density at radius 3 is 2.94 bits per heavy atom. The smallest absolute Gasteiger partial charge is 0.0332 e. The van der Waals surface area contributed by atoms with Crippen LogP contribution in [0.4, 0.5) is 0 Å². The van der Waals surface area contributed by atoms with Gasteiger partial charge in [0.2, 0.25) is 0 Å². The monoisotopic (exact) mass is 244 g/mol. The third kappa shape index (κ3) is 2.45. The maximum absolute atomic E-state index is 3.60. The van der Waals surface area contributed by atoms with Crippen molar-refractivity contribution < 1.29 is 0 Å². The van der Waals surface area contributed by atoms with E-state index >= 15 is 0 Å². The van der Waals surface area contributed by atoms with E-state index in [0.717, 1.165) is 0 Å². The summed E-state index contributed by atoms with van der Waals surface area (Å²) in [5.41, 5.74) is 4.64. The second kappa shape index (κ2) is 5.41. The van der Waals surface area contributed by atoms with Crippen LogP contribution < -0.4 is 10.6 Å². The number of hydrogen-bond donors (Lipinski definition) is 2. The average Bonchev–Trinajstić information content (AvgIpc) is 3.06. The van der Waals surface area contributed by atoms with Crippen molar-refractivity contribution in [2.75, 3.05) is 13.6 Å². The molecule has 1 saturated heterocycles. The second-order valence-corrected chi connectivity index (χ2v) is 5.75. The van der Waals surface area contributed by atoms with Gasteiger partial charge in [0, 0.05) is 12.1 Å². The van der Waals surface area contributed by atoms with E-state index in [1.165, 1.54) is 50.6 Å². The van der Waals surface area contributed by atoms with Gasteiger partial charge in [0.05, 0.1) is 0 Å². The summed E-state index contributed by atoms with van der Waals surface area (Å²) in [7, 11) is 2.09. The third-order valence-electron chi connectivity index (χ3n) is 4.56. The van der Waals surface area contributed by atoms with Gasteiger partial charge in [-0.3, -0.25) is 0 Å². The predicted octanol–water partition coefficient (Wildman–Crippen LogP) is 2.58. The highest BCUT2D eigenvalue weighted by Gasteiger charge is 2.21. The van der Waals surface area contributed by atoms with Crippen LogP contribution in [-0.4, -0.2) is 19.6 Å². The average molecular weight is 244 g/mol. The fourth-order valence-electron chi connectivity index (χ4n) is 3.47. The molecule has 1 fully saturated rings. The van der Waals surface area contributed by atoms with Gasteiger partial charge in [0.1, 0.15) is 0 Å². The van der Waals surface area contributed by atoms with Crippen LogP contribution in [0, 0.1) is 0 Å². The first-order valence-corrected chi connectivity index (χ1v) is 7.39. The Bertz CT molecular complexity index is 408. The summed E-state index contributed by atoms with van der Waals surface area (Å²) in [5.74, 6) is 0. The molecule has 0 radical (unpaired) electrons. The molecular weight excluding hydrogens is 220 g/mol. The van der Waals surface area contributed by atoms with E-state index in [1.54, 1.807) is 11.1 Å². The maximum atomic E-state index is 3.60. The Morgan fingerprint density at radius 2 is 2.17 bits per heavy atom. The standard InChI is InChI=1S/C16H24N2/c1-17-16(11-15-6-3-9-18-15)14-8-7-12-4-2-5-13(12)10-14/h7-8,10,15-18H,2-6,9,11H2,1H3. The fourth-order valence-corrected chi connectivity index (χ4v) is 3.47. The molecular formula is C16H24N2. The number of aryl methyl sites for hydroxylation is 2. The van der Waals surface area contributed by atoms with Gasteiger partial charge in [-0.05, 0) is 68.8 Å². The lowest BCUT2D eigenvalue weighted by Gasteiger charge is -2.21. The molecule has 1 aromatic carbocycles. The Labute approximate surface area is 110 Å². The summed E-state index contributed by atoms with van der Waals surface area (Å²) in [6.07, 6.45) is 7.79. The molecule has 2 unspecified atom stereocenters. The topological polar surface area (TPSA) is 24.1 Å². The quantitative estimate of drug-likeness (QED) is 0.850. The predicted molar refractivity (Wildman–Crippen MR) is 75.9 cm³/mol. The van der Waals surface area contributed by atoms with Crippen molar-refractivity contribution in [1.82, 2.24) is 10.6 Å². The molecule has 0 bridgehead atoms. The highest BCUT2D eigenvalue weighted by atomic mass is 15.0. The lowest BCUT2D eigenvalue weighted by molar-refractivity contribution is 0.453. The van der Waals surface area contributed by atoms with Crippen LogP contribution in [-0.2, 0) is 12.8 Å². The van der Waals surface area contributed by atoms with Crippen LogP contribution in [0.5, 0.6) is 0 Å². The minimum atomic E-state index is 0.506. The number of hydrogen-bond acceptors (Lipinski definition) is 2. The molecule has 0 amide bonds. The first-order chi connectivity index (χ1) is 8.86. The Hall–Kier alpha value is -0.860. The van der Waals surface area contributed by atoms with Crippen molar-refractivity contribution in [1.29, 1.82) is 0 Å². The van der Waals surface area contributed by atoms with Crippen LogP contribution in [0.25, 0.3) is 0 Å². The molecule has 98 valence electrons.